The number of aliphatic imine (C=N–C) groups is 2. The number of nitrogens with one attached hydrogen (secondary N) is 3. The Morgan fingerprint density at radius 2 is 1.13 bits per heavy atom. The molecular weight excluding hydrogens is 1740 g/mol. The van der Waals surface area contributed by atoms with E-state index in [0.717, 1.165) is 77.0 Å². The molecule has 0 saturated carbocycles. The third-order valence-corrected chi connectivity index (χ3v) is 22.3. The van der Waals surface area contributed by atoms with Crippen molar-refractivity contribution in [3.8, 4) is 5.75 Å². The summed E-state index contributed by atoms with van der Waals surface area (Å²) >= 11 is 0. The van der Waals surface area contributed by atoms with Crippen molar-refractivity contribution in [1.82, 2.24) is 56.0 Å². The van der Waals surface area contributed by atoms with E-state index in [4.69, 9.17) is 42.4 Å². The van der Waals surface area contributed by atoms with Crippen molar-refractivity contribution >= 4 is 70.8 Å². The van der Waals surface area contributed by atoms with Crippen LogP contribution in [-0.4, -0.2) is 172 Å². The molecule has 12 heterocycles. The van der Waals surface area contributed by atoms with Crippen LogP contribution in [0.5, 0.6) is 5.75 Å². The summed E-state index contributed by atoms with van der Waals surface area (Å²) in [7, 11) is -3.34. The molecule has 1 fully saturated rings. The minimum absolute atomic E-state index is 0.00694. The monoisotopic (exact) mass is 1910 g/mol. The number of carbonyl (C=O) groups excluding carboxylic acids is 1. The summed E-state index contributed by atoms with van der Waals surface area (Å²) in [6.45, 7) is 86.9. The minimum atomic E-state index is -0.729. The molecule has 8 aliphatic heterocycles. The standard InChI is InChI=1S/C12H17BO.2C11H15BO2.C9H14O2.C8H13N.C7H13BO2.C7H15BO2.C7H14N2.C7H12N2.C7H11NO.C6H12BNO2.C6H10N2O2.C5H10N4/c1-12(2,3)10-6-5-9-8-13(4)14-11(9)7-10;1-11(2,3)9-4-5-10-8(6-9)7-14-12(10)13;1-11(2,3)9-5-4-8-7-14-12(13)10(8)6-9;1-9(2,3)8-6(10)4-5-7(8)11;1-8(2,3)7-5-4-6-9-7;1-7(2,3)6-4-5-10-8(6)9;1-7(2,3)6-4-5-8(9)10-6;2*1-7(2,3)9-6-4-5-8-9;1-7(2,3)6-8-4-5-9-6;1-6(2,3)5-8-4-7(9)10-5;1-6(2,3)4-7-5(9)10-8-4;1-5(2,3)4-6-8-9-7-4/h5-7H,8H2,1-4H3;2*4-6,13H,7H2,1-3H3;10H,4-5H2,1-3H3;4,6H,5H2,1-3H3;4,9H,5H2,1-3H3;6,9H,4-5H2,1-3H3;4-5,8H,6H2,1-3H3;4-6H,1-3H3;4-5H,1-3H3;9H,4H2,1-3H3;1-3H3,(H,7,8,9);1-3H3,(H,6,7,8,9). The molecule has 0 amide bonds. The number of carbonyl (C=O) groups is 1. The second kappa shape index (κ2) is 50.8. The van der Waals surface area contributed by atoms with Crippen LogP contribution in [0.2, 0.25) is 13.1 Å². The topological polar surface area (TPSA) is 391 Å². The van der Waals surface area contributed by atoms with Crippen LogP contribution in [0.25, 0.3) is 0 Å². The number of hydrogen-bond donors (Lipinski definition) is 9. The van der Waals surface area contributed by atoms with Gasteiger partial charge < -0.3 is 68.0 Å². The number of hydrazine groups is 1. The highest BCUT2D eigenvalue weighted by Gasteiger charge is 2.39. The summed E-state index contributed by atoms with van der Waals surface area (Å²) in [5.74, 6) is 3.77. The molecule has 1 unspecified atom stereocenters. The fourth-order valence-corrected chi connectivity index (χ4v) is 13.8. The summed E-state index contributed by atoms with van der Waals surface area (Å²) in [6, 6.07) is 20.9. The van der Waals surface area contributed by atoms with Gasteiger partial charge in [0.1, 0.15) is 12.0 Å². The maximum absolute atomic E-state index is 11.2. The van der Waals surface area contributed by atoms with E-state index in [1.807, 2.05) is 137 Å². The fraction of sp³-hybridized carbons (Fsp3) is 0.631. The maximum atomic E-state index is 11.2. The highest BCUT2D eigenvalue weighted by atomic mass is 16.5. The number of fused-ring (bicyclic) bond motifs is 3. The Morgan fingerprint density at radius 3 is 1.46 bits per heavy atom. The smallest absolute Gasteiger partial charge is 0.546 e. The zero-order valence-corrected chi connectivity index (χ0v) is 91.5. The van der Waals surface area contributed by atoms with E-state index in [1.54, 1.807) is 18.7 Å². The number of H-pyrrole nitrogens is 2. The molecule has 1 aliphatic carbocycles. The minimum Gasteiger partial charge on any atom is -0.561 e. The second-order valence-electron chi connectivity index (χ2n) is 49.1. The van der Waals surface area contributed by atoms with Gasteiger partial charge in [-0.25, -0.2) is 14.8 Å². The van der Waals surface area contributed by atoms with Crippen LogP contribution >= 0.6 is 0 Å². The summed E-state index contributed by atoms with van der Waals surface area (Å²) in [5, 5.41) is 78.9. The number of oxazole rings is 1. The summed E-state index contributed by atoms with van der Waals surface area (Å²) in [4.78, 5) is 36.4. The Hall–Kier alpha value is -8.75. The number of rotatable bonds is 0. The molecule has 29 nitrogen and oxygen atoms in total. The molecule has 9 N–H and O–H groups in total. The summed E-state index contributed by atoms with van der Waals surface area (Å²) in [6.07, 6.45) is 22.6. The largest absolute Gasteiger partial charge is 0.561 e. The molecule has 0 bridgehead atoms. The average Bonchev–Trinajstić information content (AvgIpc) is 1.66. The van der Waals surface area contributed by atoms with Gasteiger partial charge >= 0.3 is 48.3 Å². The van der Waals surface area contributed by atoms with Crippen molar-refractivity contribution < 1.29 is 71.9 Å². The lowest BCUT2D eigenvalue weighted by molar-refractivity contribution is -0.115. The molecule has 0 radical (unpaired) electrons. The molecule has 35 heteroatoms. The zero-order valence-electron chi connectivity index (χ0n) is 91.5. The van der Waals surface area contributed by atoms with Crippen molar-refractivity contribution in [2.24, 2.45) is 37.1 Å². The molecule has 0 spiro atoms. The van der Waals surface area contributed by atoms with Crippen molar-refractivity contribution in [2.75, 3.05) is 19.6 Å². The average molecular weight is 1910 g/mol. The summed E-state index contributed by atoms with van der Waals surface area (Å²) in [5.41, 5.74) is 16.3. The molecule has 9 aliphatic rings. The van der Waals surface area contributed by atoms with Gasteiger partial charge in [-0.05, 0) is 162 Å². The van der Waals surface area contributed by atoms with Gasteiger partial charge in [0.05, 0.1) is 37.2 Å². The second-order valence-corrected chi connectivity index (χ2v) is 49.1. The lowest BCUT2D eigenvalue weighted by Crippen LogP contribution is -2.45. The summed E-state index contributed by atoms with van der Waals surface area (Å²) < 4.78 is 42.7. The normalized spacial score (nSPS) is 16.8. The van der Waals surface area contributed by atoms with Gasteiger partial charge in [0.2, 0.25) is 0 Å². The van der Waals surface area contributed by atoms with E-state index in [-0.39, 0.29) is 82.5 Å². The molecule has 4 aromatic heterocycles. The van der Waals surface area contributed by atoms with Gasteiger partial charge in [0.25, 0.3) is 0 Å². The van der Waals surface area contributed by atoms with Crippen molar-refractivity contribution in [3.05, 3.63) is 194 Å². The van der Waals surface area contributed by atoms with E-state index >= 15 is 0 Å². The molecule has 1 atom stereocenters. The highest BCUT2D eigenvalue weighted by molar-refractivity contribution is 6.62. The number of benzene rings is 3. The van der Waals surface area contributed by atoms with Crippen molar-refractivity contribution in [2.45, 2.75) is 378 Å². The lowest BCUT2D eigenvalue weighted by Gasteiger charge is -2.31. The number of tetrazole rings is 1. The van der Waals surface area contributed by atoms with Crippen molar-refractivity contribution in [3.63, 3.8) is 0 Å². The molecule has 762 valence electrons. The number of aliphatic hydroxyl groups is 1. The van der Waals surface area contributed by atoms with E-state index in [9.17, 15) is 29.8 Å². The number of Topliss-reactive ketones (excluding diaryl/α,β-unsaturated/α-hetero) is 1. The predicted molar refractivity (Wildman–Crippen MR) is 564 cm³/mol. The highest BCUT2D eigenvalue weighted by Crippen LogP contribution is 2.38. The first kappa shape index (κ1) is 122. The van der Waals surface area contributed by atoms with E-state index in [0.29, 0.717) is 69.1 Å². The van der Waals surface area contributed by atoms with E-state index < -0.39 is 41.3 Å². The van der Waals surface area contributed by atoms with Crippen LogP contribution < -0.4 is 26.8 Å². The van der Waals surface area contributed by atoms with Crippen molar-refractivity contribution in [1.29, 1.82) is 0 Å². The molecule has 7 aromatic rings. The molecule has 138 heavy (non-hydrogen) atoms. The molecule has 3 aromatic carbocycles. The Morgan fingerprint density at radius 1 is 0.551 bits per heavy atom. The molecule has 1 saturated heterocycles. The lowest BCUT2D eigenvalue weighted by atomic mass is 9.66. The Balaban J connectivity index is 0.000000313. The van der Waals surface area contributed by atoms with Crippen LogP contribution in [0.15, 0.2) is 157 Å². The molecular formula is C103H171B6N13O16. The fourth-order valence-electron chi connectivity index (χ4n) is 13.8. The Bertz CT molecular complexity index is 5000. The molecule has 16 rings (SSSR count). The van der Waals surface area contributed by atoms with Gasteiger partial charge in [-0.2, -0.15) is 10.3 Å². The Labute approximate surface area is 829 Å². The predicted octanol–water partition coefficient (Wildman–Crippen LogP) is 18.8. The number of ketones is 1. The number of hydrogen-bond acceptors (Lipinski definition) is 26. The number of aromatic amines is 2. The first-order chi connectivity index (χ1) is 62.9. The number of aromatic nitrogens is 9. The van der Waals surface area contributed by atoms with Gasteiger partial charge in [0, 0.05) is 107 Å². The quantitative estimate of drug-likeness (QED) is 0.0637. The van der Waals surface area contributed by atoms with Gasteiger partial charge in [-0.15, -0.1) is 10.2 Å². The SMILES string of the molecule is CB1Cc2ccc(C(C)(C)C)cc2O1.CC(C)(C)C1=C(O)CCC1=O.CC(C)(C)C1=CCOB1O.CC(C)(C)C1=NC=CC1.CC(C)(C)C1=NCB(O)O1.CC(C)(C)C1CCB(O)O1.CC(C)(C)N1CC=CN1.CC(C)(C)c1ccc2c(c1)B(O)OC2.CC(C)(C)c1ccc2c(c1)COB2O.CC(C)(C)c1ncco1.CC(C)(C)c1nn[nH]n1.CC(C)(C)c1noc(=O)[nH]1.CC(C)(C)n1cccn1. The Kier molecular flexibility index (Phi) is 44.7. The van der Waals surface area contributed by atoms with Crippen LogP contribution in [0.3, 0.4) is 0 Å². The first-order valence-electron chi connectivity index (χ1n) is 48.4. The van der Waals surface area contributed by atoms with Crippen LogP contribution in [0.4, 0.5) is 0 Å². The van der Waals surface area contributed by atoms with Crippen LogP contribution in [0, 0.1) is 27.1 Å². The van der Waals surface area contributed by atoms with E-state index in [2.05, 4.69) is 308 Å². The number of aliphatic hydroxyl groups excluding tert-OH is 1. The maximum Gasteiger partial charge on any atom is 0.546 e. The van der Waals surface area contributed by atoms with Gasteiger partial charge in [0.15, 0.2) is 29.2 Å². The third kappa shape index (κ3) is 42.2. The van der Waals surface area contributed by atoms with Crippen LogP contribution in [0.1, 0.15) is 347 Å². The third-order valence-electron chi connectivity index (χ3n) is 22.3. The van der Waals surface area contributed by atoms with E-state index in [1.165, 1.54) is 28.0 Å². The number of nitrogens with zero attached hydrogens (tertiary/aromatic N) is 10. The zero-order chi connectivity index (χ0) is 105. The van der Waals surface area contributed by atoms with Gasteiger partial charge in [-0.1, -0.05) is 306 Å². The van der Waals surface area contributed by atoms with Crippen LogP contribution in [-0.2, 0) is 85.6 Å². The number of allylic oxidation sites excluding steroid dienone is 4. The first-order valence-corrected chi connectivity index (χ1v) is 48.4. The van der Waals surface area contributed by atoms with Gasteiger partial charge in [-0.3, -0.25) is 29.0 Å².